The lowest BCUT2D eigenvalue weighted by Gasteiger charge is -2.07. The summed E-state index contributed by atoms with van der Waals surface area (Å²) in [5.74, 6) is -0.580. The third-order valence-corrected chi connectivity index (χ3v) is 4.12. The van der Waals surface area contributed by atoms with E-state index in [0.29, 0.717) is 16.8 Å². The predicted molar refractivity (Wildman–Crippen MR) is 74.1 cm³/mol. The number of oxazole rings is 1. The van der Waals surface area contributed by atoms with E-state index in [1.807, 2.05) is 0 Å². The summed E-state index contributed by atoms with van der Waals surface area (Å²) in [7, 11) is -3.65. The van der Waals surface area contributed by atoms with Gasteiger partial charge >= 0.3 is 5.76 Å². The number of H-pyrrole nitrogens is 1. The molecule has 2 aromatic carbocycles. The van der Waals surface area contributed by atoms with Crippen molar-refractivity contribution in [2.75, 3.05) is 4.72 Å². The molecule has 0 saturated carbocycles. The number of anilines is 1. The van der Waals surface area contributed by atoms with Crippen molar-refractivity contribution < 1.29 is 12.8 Å². The van der Waals surface area contributed by atoms with E-state index in [1.165, 1.54) is 30.3 Å². The molecule has 3 rings (SSSR count). The summed E-state index contributed by atoms with van der Waals surface area (Å²) in [4.78, 5) is 13.7. The lowest BCUT2D eigenvalue weighted by atomic mass is 10.3. The van der Waals surface area contributed by atoms with Crippen molar-refractivity contribution in [2.45, 2.75) is 4.90 Å². The van der Waals surface area contributed by atoms with Gasteiger partial charge in [0.2, 0.25) is 0 Å². The molecular weight excluding hydrogens is 280 g/mol. The molecule has 0 aliphatic carbocycles. The Morgan fingerprint density at radius 3 is 2.55 bits per heavy atom. The zero-order valence-corrected chi connectivity index (χ0v) is 11.0. The molecule has 3 aromatic rings. The third kappa shape index (κ3) is 2.30. The van der Waals surface area contributed by atoms with Gasteiger partial charge in [0.05, 0.1) is 16.1 Å². The summed E-state index contributed by atoms with van der Waals surface area (Å²) in [6.07, 6.45) is 0. The molecular formula is C13H10N2O4S. The number of aromatic nitrogens is 1. The van der Waals surface area contributed by atoms with Crippen LogP contribution in [-0.2, 0) is 10.0 Å². The van der Waals surface area contributed by atoms with Gasteiger partial charge in [-0.1, -0.05) is 18.2 Å². The minimum absolute atomic E-state index is 0.167. The quantitative estimate of drug-likeness (QED) is 0.770. The van der Waals surface area contributed by atoms with Gasteiger partial charge in [0, 0.05) is 0 Å². The molecule has 0 unspecified atom stereocenters. The van der Waals surface area contributed by atoms with Crippen LogP contribution in [0, 0.1) is 0 Å². The fourth-order valence-electron chi connectivity index (χ4n) is 1.83. The number of sulfonamides is 1. The van der Waals surface area contributed by atoms with E-state index in [-0.39, 0.29) is 4.90 Å². The fourth-order valence-corrected chi connectivity index (χ4v) is 2.90. The molecule has 6 nitrogen and oxygen atoms in total. The molecule has 1 heterocycles. The highest BCUT2D eigenvalue weighted by Gasteiger charge is 2.14. The van der Waals surface area contributed by atoms with Crippen molar-refractivity contribution in [3.8, 4) is 0 Å². The van der Waals surface area contributed by atoms with Gasteiger partial charge in [0.1, 0.15) is 0 Å². The Hall–Kier alpha value is -2.54. The number of fused-ring (bicyclic) bond motifs is 1. The topological polar surface area (TPSA) is 92.2 Å². The van der Waals surface area contributed by atoms with E-state index in [4.69, 9.17) is 4.42 Å². The Labute approximate surface area is 114 Å². The van der Waals surface area contributed by atoms with Gasteiger partial charge < -0.3 is 4.42 Å². The van der Waals surface area contributed by atoms with Crippen LogP contribution >= 0.6 is 0 Å². The lowest BCUT2D eigenvalue weighted by molar-refractivity contribution is 0.555. The molecule has 0 amide bonds. The average Bonchev–Trinajstić information content (AvgIpc) is 2.79. The van der Waals surface area contributed by atoms with E-state index in [2.05, 4.69) is 9.71 Å². The zero-order valence-electron chi connectivity index (χ0n) is 10.2. The molecule has 1 aromatic heterocycles. The van der Waals surface area contributed by atoms with Crippen LogP contribution in [0.1, 0.15) is 0 Å². The van der Waals surface area contributed by atoms with Crippen LogP contribution < -0.4 is 10.5 Å². The minimum atomic E-state index is -3.65. The highest BCUT2D eigenvalue weighted by molar-refractivity contribution is 7.92. The maximum atomic E-state index is 12.1. The summed E-state index contributed by atoms with van der Waals surface area (Å²) >= 11 is 0. The number of nitrogens with one attached hydrogen (secondary N) is 2. The van der Waals surface area contributed by atoms with Crippen LogP contribution in [-0.4, -0.2) is 13.4 Å². The van der Waals surface area contributed by atoms with Crippen molar-refractivity contribution >= 4 is 26.8 Å². The maximum Gasteiger partial charge on any atom is 0.417 e. The number of hydrogen-bond acceptors (Lipinski definition) is 4. The molecule has 102 valence electrons. The van der Waals surface area contributed by atoms with Crippen LogP contribution in [0.5, 0.6) is 0 Å². The molecule has 20 heavy (non-hydrogen) atoms. The Bertz CT molecular complexity index is 910. The Morgan fingerprint density at radius 2 is 1.80 bits per heavy atom. The van der Waals surface area contributed by atoms with Crippen LogP contribution in [0.25, 0.3) is 11.1 Å². The maximum absolute atomic E-state index is 12.1. The van der Waals surface area contributed by atoms with Gasteiger partial charge in [-0.25, -0.2) is 13.2 Å². The molecule has 0 atom stereocenters. The first-order chi connectivity index (χ1) is 9.54. The van der Waals surface area contributed by atoms with Gasteiger partial charge in [-0.2, -0.15) is 0 Å². The smallest absolute Gasteiger partial charge is 0.408 e. The predicted octanol–water partition coefficient (Wildman–Crippen LogP) is 1.92. The first-order valence-electron chi connectivity index (χ1n) is 5.75. The Morgan fingerprint density at radius 1 is 1.05 bits per heavy atom. The zero-order chi connectivity index (χ0) is 14.2. The summed E-state index contributed by atoms with van der Waals surface area (Å²) in [5, 5.41) is 0. The molecule has 2 N–H and O–H groups in total. The summed E-state index contributed by atoms with van der Waals surface area (Å²) in [6.45, 7) is 0. The molecule has 0 aliphatic heterocycles. The summed E-state index contributed by atoms with van der Waals surface area (Å²) < 4.78 is 31.6. The van der Waals surface area contributed by atoms with E-state index in [9.17, 15) is 13.2 Å². The molecule has 0 radical (unpaired) electrons. The molecule has 0 fully saturated rings. The van der Waals surface area contributed by atoms with Crippen LogP contribution in [0.15, 0.2) is 62.6 Å². The van der Waals surface area contributed by atoms with Gasteiger partial charge in [-0.15, -0.1) is 0 Å². The molecule has 0 saturated heterocycles. The summed E-state index contributed by atoms with van der Waals surface area (Å²) in [5.41, 5.74) is 1.15. The number of aromatic amines is 1. The normalized spacial score (nSPS) is 11.6. The highest BCUT2D eigenvalue weighted by atomic mass is 32.2. The third-order valence-electron chi connectivity index (χ3n) is 2.72. The number of rotatable bonds is 3. The second kappa shape index (κ2) is 4.53. The monoisotopic (exact) mass is 290 g/mol. The average molecular weight is 290 g/mol. The van der Waals surface area contributed by atoms with Gasteiger partial charge in [0.15, 0.2) is 5.58 Å². The van der Waals surface area contributed by atoms with Crippen molar-refractivity contribution in [3.63, 3.8) is 0 Å². The Kier molecular flexibility index (Phi) is 2.83. The number of hydrogen-bond donors (Lipinski definition) is 2. The first-order valence-corrected chi connectivity index (χ1v) is 7.24. The van der Waals surface area contributed by atoms with Crippen LogP contribution in [0.3, 0.4) is 0 Å². The van der Waals surface area contributed by atoms with Gasteiger partial charge in [-0.05, 0) is 30.3 Å². The van der Waals surface area contributed by atoms with Crippen LogP contribution in [0.4, 0.5) is 5.69 Å². The standard InChI is InChI=1S/C13H10N2O4S/c16-13-14-11-8-9(6-7-12(11)19-13)15-20(17,18)10-4-2-1-3-5-10/h1-8,15H,(H,14,16). The van der Waals surface area contributed by atoms with Crippen molar-refractivity contribution in [2.24, 2.45) is 0 Å². The van der Waals surface area contributed by atoms with E-state index < -0.39 is 15.8 Å². The second-order valence-electron chi connectivity index (χ2n) is 4.14. The second-order valence-corrected chi connectivity index (χ2v) is 5.83. The number of benzene rings is 2. The van der Waals surface area contributed by atoms with Crippen molar-refractivity contribution in [1.29, 1.82) is 0 Å². The fraction of sp³-hybridized carbons (Fsp3) is 0. The SMILES string of the molecule is O=c1[nH]c2cc(NS(=O)(=O)c3ccccc3)ccc2o1. The van der Waals surface area contributed by atoms with E-state index in [1.54, 1.807) is 18.2 Å². The highest BCUT2D eigenvalue weighted by Crippen LogP contribution is 2.19. The Balaban J connectivity index is 1.98. The van der Waals surface area contributed by atoms with Crippen molar-refractivity contribution in [3.05, 3.63) is 59.1 Å². The molecule has 0 spiro atoms. The van der Waals surface area contributed by atoms with Gasteiger partial charge in [0.25, 0.3) is 10.0 Å². The van der Waals surface area contributed by atoms with Crippen molar-refractivity contribution in [1.82, 2.24) is 4.98 Å². The first kappa shape index (κ1) is 12.5. The molecule has 0 bridgehead atoms. The van der Waals surface area contributed by atoms with Crippen LogP contribution in [0.2, 0.25) is 0 Å². The minimum Gasteiger partial charge on any atom is -0.408 e. The largest absolute Gasteiger partial charge is 0.417 e. The van der Waals surface area contributed by atoms with Gasteiger partial charge in [-0.3, -0.25) is 9.71 Å². The summed E-state index contributed by atoms with van der Waals surface area (Å²) in [6, 6.07) is 12.6. The lowest BCUT2D eigenvalue weighted by Crippen LogP contribution is -2.12. The van der Waals surface area contributed by atoms with E-state index >= 15 is 0 Å². The molecule has 0 aliphatic rings. The van der Waals surface area contributed by atoms with E-state index in [0.717, 1.165) is 0 Å². The molecule has 7 heteroatoms.